The fourth-order valence-corrected chi connectivity index (χ4v) is 2.36. The number of aromatic nitrogens is 2. The van der Waals surface area contributed by atoms with Gasteiger partial charge in [-0.1, -0.05) is 5.16 Å². The smallest absolute Gasteiger partial charge is 0.174 e. The van der Waals surface area contributed by atoms with Crippen LogP contribution in [0.25, 0.3) is 0 Å². The molecule has 1 unspecified atom stereocenters. The molecule has 2 rings (SSSR count). The summed E-state index contributed by atoms with van der Waals surface area (Å²) >= 11 is 0. The molecule has 1 aromatic heterocycles. The summed E-state index contributed by atoms with van der Waals surface area (Å²) in [5, 5.41) is 20.6. The van der Waals surface area contributed by atoms with Crippen LogP contribution in [0.5, 0.6) is 0 Å². The van der Waals surface area contributed by atoms with E-state index in [1.54, 1.807) is 0 Å². The van der Waals surface area contributed by atoms with E-state index in [9.17, 15) is 0 Å². The summed E-state index contributed by atoms with van der Waals surface area (Å²) in [4.78, 5) is 2.09. The van der Waals surface area contributed by atoms with E-state index in [-0.39, 0.29) is 11.9 Å². The second kappa shape index (κ2) is 6.04. The summed E-state index contributed by atoms with van der Waals surface area (Å²) in [7, 11) is 0. The maximum absolute atomic E-state index is 9.01. The molecule has 0 aliphatic carbocycles. The van der Waals surface area contributed by atoms with Gasteiger partial charge in [0.15, 0.2) is 11.7 Å². The largest absolute Gasteiger partial charge is 0.409 e. The van der Waals surface area contributed by atoms with E-state index in [2.05, 4.69) is 20.3 Å². The zero-order valence-electron chi connectivity index (χ0n) is 12.1. The zero-order valence-corrected chi connectivity index (χ0v) is 12.1. The zero-order chi connectivity index (χ0) is 14.7. The van der Waals surface area contributed by atoms with Crippen LogP contribution in [0.15, 0.2) is 5.16 Å². The highest BCUT2D eigenvalue weighted by Crippen LogP contribution is 2.23. The molecule has 0 saturated carbocycles. The van der Waals surface area contributed by atoms with Gasteiger partial charge >= 0.3 is 0 Å². The first kappa shape index (κ1) is 14.5. The van der Waals surface area contributed by atoms with Gasteiger partial charge in [-0.05, 0) is 32.8 Å². The highest BCUT2D eigenvalue weighted by molar-refractivity contribution is 6.02. The van der Waals surface area contributed by atoms with Crippen molar-refractivity contribution in [3.63, 3.8) is 0 Å². The van der Waals surface area contributed by atoms with E-state index in [0.29, 0.717) is 17.9 Å². The summed E-state index contributed by atoms with van der Waals surface area (Å²) in [6.07, 6.45) is 1.02. The molecular formula is C13H21N5O2. The molecule has 0 spiro atoms. The minimum absolute atomic E-state index is 0.0633. The number of oxime groups is 1. The lowest BCUT2D eigenvalue weighted by atomic mass is 10.1. The van der Waals surface area contributed by atoms with Gasteiger partial charge in [0.25, 0.3) is 0 Å². The fourth-order valence-electron chi connectivity index (χ4n) is 2.36. The van der Waals surface area contributed by atoms with Crippen molar-refractivity contribution in [1.29, 1.82) is 0 Å². The Hall–Kier alpha value is -1.89. The Morgan fingerprint density at radius 1 is 1.45 bits per heavy atom. The predicted octanol–water partition coefficient (Wildman–Crippen LogP) is 0.803. The van der Waals surface area contributed by atoms with Gasteiger partial charge in [0.05, 0.1) is 17.4 Å². The number of nitrogens with two attached hydrogens (primary N) is 1. The molecule has 0 bridgehead atoms. The summed E-state index contributed by atoms with van der Waals surface area (Å²) in [5.41, 5.74) is 8.12. The maximum atomic E-state index is 9.01. The number of amidine groups is 1. The van der Waals surface area contributed by atoms with Crippen molar-refractivity contribution >= 4 is 11.7 Å². The summed E-state index contributed by atoms with van der Waals surface area (Å²) < 4.78 is 5.63. The van der Waals surface area contributed by atoms with Gasteiger partial charge in [-0.2, -0.15) is 5.10 Å². The lowest BCUT2D eigenvalue weighted by molar-refractivity contribution is 0.0820. The molecule has 0 radical (unpaired) electrons. The van der Waals surface area contributed by atoms with Crippen LogP contribution in [0.2, 0.25) is 0 Å². The van der Waals surface area contributed by atoms with Crippen molar-refractivity contribution in [3.05, 3.63) is 16.8 Å². The minimum Gasteiger partial charge on any atom is -0.409 e. The monoisotopic (exact) mass is 279 g/mol. The number of rotatable bonds is 2. The third-order valence-electron chi connectivity index (χ3n) is 3.55. The average molecular weight is 279 g/mol. The highest BCUT2D eigenvalue weighted by Gasteiger charge is 2.23. The number of nitrogens with zero attached hydrogens (tertiary/aromatic N) is 4. The fraction of sp³-hybridized carbons (Fsp3) is 0.615. The van der Waals surface area contributed by atoms with Crippen molar-refractivity contribution in [1.82, 2.24) is 10.2 Å². The Kier molecular flexibility index (Phi) is 4.39. The molecule has 7 heteroatoms. The second-order valence-corrected chi connectivity index (χ2v) is 5.08. The van der Waals surface area contributed by atoms with E-state index < -0.39 is 0 Å². The molecule has 3 N–H and O–H groups in total. The minimum atomic E-state index is 0.0633. The van der Waals surface area contributed by atoms with Crippen LogP contribution in [-0.2, 0) is 4.74 Å². The Morgan fingerprint density at radius 2 is 2.20 bits per heavy atom. The van der Waals surface area contributed by atoms with Crippen LogP contribution in [0, 0.1) is 13.8 Å². The van der Waals surface area contributed by atoms with Crippen molar-refractivity contribution in [3.8, 4) is 0 Å². The lowest BCUT2D eigenvalue weighted by Gasteiger charge is -2.25. The molecule has 20 heavy (non-hydrogen) atoms. The SMILES string of the molecule is Cc1nnc(N2CCCOC(C)C2)c(C(N)=NO)c1C. The first-order valence-corrected chi connectivity index (χ1v) is 6.73. The first-order valence-electron chi connectivity index (χ1n) is 6.73. The van der Waals surface area contributed by atoms with E-state index in [0.717, 1.165) is 30.8 Å². The average Bonchev–Trinajstić information content (AvgIpc) is 2.65. The van der Waals surface area contributed by atoms with Gasteiger partial charge in [-0.25, -0.2) is 0 Å². The molecule has 1 fully saturated rings. The van der Waals surface area contributed by atoms with E-state index >= 15 is 0 Å². The molecule has 1 saturated heterocycles. The number of anilines is 1. The number of ether oxygens (including phenoxy) is 1. The Morgan fingerprint density at radius 3 is 2.90 bits per heavy atom. The van der Waals surface area contributed by atoms with E-state index in [4.69, 9.17) is 15.7 Å². The van der Waals surface area contributed by atoms with E-state index in [1.165, 1.54) is 0 Å². The molecule has 0 amide bonds. The third-order valence-corrected chi connectivity index (χ3v) is 3.55. The van der Waals surface area contributed by atoms with Crippen LogP contribution in [0.3, 0.4) is 0 Å². The van der Waals surface area contributed by atoms with Crippen molar-refractivity contribution in [2.75, 3.05) is 24.6 Å². The van der Waals surface area contributed by atoms with Gasteiger partial charge in [0, 0.05) is 19.7 Å². The van der Waals surface area contributed by atoms with Gasteiger partial charge < -0.3 is 20.6 Å². The standard InChI is InChI=1S/C13H21N5O2/c1-8-7-18(5-4-6-20-8)13-11(12(14)17-19)9(2)10(3)15-16-13/h8,19H,4-7H2,1-3H3,(H2,14,17). The number of hydrogen-bond acceptors (Lipinski definition) is 6. The molecular weight excluding hydrogens is 258 g/mol. The molecule has 1 atom stereocenters. The van der Waals surface area contributed by atoms with Gasteiger partial charge in [-0.15, -0.1) is 5.10 Å². The molecule has 2 heterocycles. The Balaban J connectivity index is 2.47. The van der Waals surface area contributed by atoms with Crippen LogP contribution in [-0.4, -0.2) is 47.0 Å². The lowest BCUT2D eigenvalue weighted by Crippen LogP contribution is -2.34. The molecule has 7 nitrogen and oxygen atoms in total. The maximum Gasteiger partial charge on any atom is 0.174 e. The summed E-state index contributed by atoms with van der Waals surface area (Å²) in [6, 6.07) is 0. The quantitative estimate of drug-likeness (QED) is 0.360. The number of hydrogen-bond donors (Lipinski definition) is 2. The molecule has 1 aliphatic heterocycles. The summed E-state index contributed by atoms with van der Waals surface area (Å²) in [6.45, 7) is 8.04. The van der Waals surface area contributed by atoms with Crippen molar-refractivity contribution in [2.45, 2.75) is 33.3 Å². The van der Waals surface area contributed by atoms with Crippen LogP contribution in [0.1, 0.15) is 30.2 Å². The summed E-state index contributed by atoms with van der Waals surface area (Å²) in [5.74, 6) is 0.717. The predicted molar refractivity (Wildman–Crippen MR) is 76.3 cm³/mol. The van der Waals surface area contributed by atoms with Crippen LogP contribution < -0.4 is 10.6 Å². The van der Waals surface area contributed by atoms with Gasteiger partial charge in [0.2, 0.25) is 0 Å². The Labute approximate surface area is 118 Å². The number of aryl methyl sites for hydroxylation is 1. The third kappa shape index (κ3) is 2.82. The topological polar surface area (TPSA) is 96.9 Å². The highest BCUT2D eigenvalue weighted by atomic mass is 16.5. The van der Waals surface area contributed by atoms with E-state index in [1.807, 2.05) is 20.8 Å². The van der Waals surface area contributed by atoms with Crippen molar-refractivity contribution in [2.24, 2.45) is 10.9 Å². The molecule has 1 aliphatic rings. The van der Waals surface area contributed by atoms with Crippen LogP contribution >= 0.6 is 0 Å². The normalized spacial score (nSPS) is 20.9. The van der Waals surface area contributed by atoms with Crippen molar-refractivity contribution < 1.29 is 9.94 Å². The van der Waals surface area contributed by atoms with Crippen LogP contribution in [0.4, 0.5) is 5.82 Å². The molecule has 110 valence electrons. The Bertz CT molecular complexity index is 518. The van der Waals surface area contributed by atoms with Gasteiger partial charge in [-0.3, -0.25) is 0 Å². The molecule has 1 aromatic rings. The first-order chi connectivity index (χ1) is 9.54. The molecule has 0 aromatic carbocycles. The van der Waals surface area contributed by atoms with Gasteiger partial charge in [0.1, 0.15) is 0 Å². The second-order valence-electron chi connectivity index (χ2n) is 5.08.